The van der Waals surface area contributed by atoms with Crippen LogP contribution in [0.1, 0.15) is 11.1 Å². The van der Waals surface area contributed by atoms with Crippen molar-refractivity contribution in [3.63, 3.8) is 0 Å². The molecule has 14 heavy (non-hydrogen) atoms. The number of aliphatic imine (C=N–C) groups is 1. The van der Waals surface area contributed by atoms with Gasteiger partial charge in [0.1, 0.15) is 5.84 Å². The summed E-state index contributed by atoms with van der Waals surface area (Å²) in [6.07, 6.45) is 0. The third-order valence-corrected chi connectivity index (χ3v) is 2.41. The van der Waals surface area contributed by atoms with Gasteiger partial charge >= 0.3 is 0 Å². The van der Waals surface area contributed by atoms with E-state index in [-0.39, 0.29) is 0 Å². The van der Waals surface area contributed by atoms with Crippen LogP contribution in [0.4, 0.5) is 0 Å². The first kappa shape index (κ1) is 9.21. The van der Waals surface area contributed by atoms with Gasteiger partial charge in [0.25, 0.3) is 0 Å². The molecule has 1 aliphatic rings. The Bertz CT molecular complexity index is 357. The summed E-state index contributed by atoms with van der Waals surface area (Å²) in [5.74, 6) is 1.09. The molecule has 0 atom stereocenters. The Balaban J connectivity index is 2.24. The minimum Gasteiger partial charge on any atom is -0.347 e. The largest absolute Gasteiger partial charge is 0.347 e. The van der Waals surface area contributed by atoms with Crippen LogP contribution in [0.3, 0.4) is 0 Å². The highest BCUT2D eigenvalue weighted by Crippen LogP contribution is 2.19. The van der Waals surface area contributed by atoms with Gasteiger partial charge in [-0.05, 0) is 12.6 Å². The van der Waals surface area contributed by atoms with Crippen molar-refractivity contribution in [3.8, 4) is 0 Å². The van der Waals surface area contributed by atoms with E-state index in [9.17, 15) is 0 Å². The lowest BCUT2D eigenvalue weighted by atomic mass is 10.1. The third kappa shape index (κ3) is 1.51. The Morgan fingerprint density at radius 3 is 3.00 bits per heavy atom. The number of nitrogens with one attached hydrogen (secondary N) is 1. The first-order valence-electron chi connectivity index (χ1n) is 4.81. The molecule has 0 fully saturated rings. The molecule has 0 aliphatic carbocycles. The lowest BCUT2D eigenvalue weighted by molar-refractivity contribution is 0.471. The van der Waals surface area contributed by atoms with Gasteiger partial charge in [-0.3, -0.25) is 4.99 Å². The molecule has 2 rings (SSSR count). The van der Waals surface area contributed by atoms with E-state index in [4.69, 9.17) is 0 Å². The zero-order valence-electron chi connectivity index (χ0n) is 8.62. The summed E-state index contributed by atoms with van der Waals surface area (Å²) in [6.45, 7) is 1.65. The van der Waals surface area contributed by atoms with Crippen LogP contribution >= 0.6 is 0 Å². The van der Waals surface area contributed by atoms with Crippen molar-refractivity contribution in [1.82, 2.24) is 10.2 Å². The Morgan fingerprint density at radius 1 is 1.43 bits per heavy atom. The molecule has 0 saturated heterocycles. The summed E-state index contributed by atoms with van der Waals surface area (Å²) < 4.78 is 0. The second-order valence-electron chi connectivity index (χ2n) is 3.51. The molecular formula is C11H15N3. The van der Waals surface area contributed by atoms with E-state index >= 15 is 0 Å². The smallest absolute Gasteiger partial charge is 0.132 e. The Hall–Kier alpha value is -1.35. The van der Waals surface area contributed by atoms with Crippen LogP contribution in [0.25, 0.3) is 0 Å². The number of nitrogens with zero attached hydrogens (tertiary/aromatic N) is 2. The van der Waals surface area contributed by atoms with Crippen molar-refractivity contribution < 1.29 is 0 Å². The Morgan fingerprint density at radius 2 is 2.21 bits per heavy atom. The van der Waals surface area contributed by atoms with Crippen molar-refractivity contribution in [2.45, 2.75) is 6.54 Å². The number of hydrogen-bond acceptors (Lipinski definition) is 3. The van der Waals surface area contributed by atoms with Gasteiger partial charge in [0.05, 0.1) is 13.2 Å². The van der Waals surface area contributed by atoms with E-state index in [0.29, 0.717) is 0 Å². The van der Waals surface area contributed by atoms with Crippen molar-refractivity contribution >= 4 is 5.84 Å². The summed E-state index contributed by atoms with van der Waals surface area (Å²) in [5, 5.41) is 3.12. The van der Waals surface area contributed by atoms with Crippen LogP contribution in [0, 0.1) is 0 Å². The van der Waals surface area contributed by atoms with Crippen LogP contribution < -0.4 is 5.32 Å². The molecule has 1 aromatic rings. The second kappa shape index (κ2) is 3.80. The van der Waals surface area contributed by atoms with Crippen LogP contribution in [-0.2, 0) is 6.54 Å². The summed E-state index contributed by atoms with van der Waals surface area (Å²) in [7, 11) is 4.00. The quantitative estimate of drug-likeness (QED) is 0.704. The maximum absolute atomic E-state index is 4.52. The predicted octanol–water partition coefficient (Wildman–Crippen LogP) is 1.06. The van der Waals surface area contributed by atoms with Crippen molar-refractivity contribution in [2.75, 3.05) is 20.8 Å². The third-order valence-electron chi connectivity index (χ3n) is 2.41. The molecule has 0 spiro atoms. The Kier molecular flexibility index (Phi) is 2.50. The summed E-state index contributed by atoms with van der Waals surface area (Å²) in [6, 6.07) is 8.40. The van der Waals surface area contributed by atoms with E-state index < -0.39 is 0 Å². The number of benzene rings is 1. The molecule has 0 radical (unpaired) electrons. The lowest BCUT2D eigenvalue weighted by Gasteiger charge is -2.18. The molecule has 1 heterocycles. The first-order chi connectivity index (χ1) is 6.83. The van der Waals surface area contributed by atoms with Gasteiger partial charge in [-0.25, -0.2) is 0 Å². The second-order valence-corrected chi connectivity index (χ2v) is 3.51. The van der Waals surface area contributed by atoms with Crippen molar-refractivity contribution in [2.24, 2.45) is 4.99 Å². The Labute approximate surface area is 84.5 Å². The molecule has 0 saturated carbocycles. The van der Waals surface area contributed by atoms with Gasteiger partial charge in [0.15, 0.2) is 0 Å². The molecule has 0 unspecified atom stereocenters. The van der Waals surface area contributed by atoms with Gasteiger partial charge < -0.3 is 10.2 Å². The fourth-order valence-electron chi connectivity index (χ4n) is 1.76. The normalized spacial score (nSPS) is 13.7. The monoisotopic (exact) mass is 189 g/mol. The molecule has 3 heteroatoms. The summed E-state index contributed by atoms with van der Waals surface area (Å²) in [5.41, 5.74) is 2.59. The fraction of sp³-hybridized carbons (Fsp3) is 0.364. The number of fused-ring (bicyclic) bond motifs is 1. The van der Waals surface area contributed by atoms with Gasteiger partial charge in [-0.2, -0.15) is 0 Å². The van der Waals surface area contributed by atoms with E-state index in [1.54, 1.807) is 0 Å². The summed E-state index contributed by atoms with van der Waals surface area (Å²) >= 11 is 0. The van der Waals surface area contributed by atoms with Gasteiger partial charge in [-0.1, -0.05) is 24.3 Å². The molecule has 74 valence electrons. The van der Waals surface area contributed by atoms with Crippen LogP contribution in [-0.4, -0.2) is 31.5 Å². The van der Waals surface area contributed by atoms with Crippen molar-refractivity contribution in [3.05, 3.63) is 35.4 Å². The van der Waals surface area contributed by atoms with Crippen LogP contribution in [0.15, 0.2) is 29.3 Å². The van der Waals surface area contributed by atoms with E-state index in [0.717, 1.165) is 19.0 Å². The molecule has 0 aromatic heterocycles. The lowest BCUT2D eigenvalue weighted by Crippen LogP contribution is -2.34. The highest BCUT2D eigenvalue weighted by molar-refractivity contribution is 6.01. The minimum atomic E-state index is 0.819. The zero-order valence-corrected chi connectivity index (χ0v) is 8.62. The standard InChI is InChI=1S/C11H15N3/c1-12-8-14(2)11-10-6-4-3-5-9(10)7-13-11/h3-6,12H,7-8H2,1-2H3. The average Bonchev–Trinajstić information content (AvgIpc) is 2.61. The molecule has 0 amide bonds. The molecule has 1 aromatic carbocycles. The van der Waals surface area contributed by atoms with Gasteiger partial charge in [-0.15, -0.1) is 0 Å². The zero-order chi connectivity index (χ0) is 9.97. The van der Waals surface area contributed by atoms with Gasteiger partial charge in [0.2, 0.25) is 0 Å². The maximum Gasteiger partial charge on any atom is 0.132 e. The van der Waals surface area contributed by atoms with Gasteiger partial charge in [0, 0.05) is 12.6 Å². The molecule has 3 nitrogen and oxygen atoms in total. The molecule has 1 aliphatic heterocycles. The van der Waals surface area contributed by atoms with Crippen LogP contribution in [0.5, 0.6) is 0 Å². The highest BCUT2D eigenvalue weighted by Gasteiger charge is 2.17. The SMILES string of the molecule is CNCN(C)C1=NCc2ccccc21. The minimum absolute atomic E-state index is 0.819. The van der Waals surface area contributed by atoms with E-state index in [1.165, 1.54) is 11.1 Å². The van der Waals surface area contributed by atoms with Crippen molar-refractivity contribution in [1.29, 1.82) is 0 Å². The number of amidine groups is 1. The average molecular weight is 189 g/mol. The fourth-order valence-corrected chi connectivity index (χ4v) is 1.76. The van der Waals surface area contributed by atoms with E-state index in [1.807, 2.05) is 7.05 Å². The number of hydrogen-bond donors (Lipinski definition) is 1. The molecular weight excluding hydrogens is 174 g/mol. The molecule has 1 N–H and O–H groups in total. The first-order valence-corrected chi connectivity index (χ1v) is 4.81. The highest BCUT2D eigenvalue weighted by atomic mass is 15.2. The molecule has 0 bridgehead atoms. The maximum atomic E-state index is 4.52. The number of rotatable bonds is 2. The van der Waals surface area contributed by atoms with Crippen LogP contribution in [0.2, 0.25) is 0 Å². The topological polar surface area (TPSA) is 27.6 Å². The predicted molar refractivity (Wildman–Crippen MR) is 58.4 cm³/mol. The van der Waals surface area contributed by atoms with E-state index in [2.05, 4.69) is 46.5 Å². The summed E-state index contributed by atoms with van der Waals surface area (Å²) in [4.78, 5) is 6.66.